The van der Waals surface area contributed by atoms with Crippen LogP contribution in [0, 0.1) is 0 Å². The highest BCUT2D eigenvalue weighted by Gasteiger charge is 2.30. The highest BCUT2D eigenvalue weighted by atomic mass is 32.2. The SMILES string of the molecule is COC(=O)/C=C/c1cc(OC)c(OC)c(S(=O)(=O)NCc2ccc(C(F)(F)F)cc2)c1. The van der Waals surface area contributed by atoms with Crippen LogP contribution in [0.15, 0.2) is 47.4 Å². The molecule has 0 amide bonds. The summed E-state index contributed by atoms with van der Waals surface area (Å²) in [6, 6.07) is 6.82. The van der Waals surface area contributed by atoms with E-state index in [0.29, 0.717) is 11.1 Å². The van der Waals surface area contributed by atoms with Crippen molar-refractivity contribution in [3.63, 3.8) is 0 Å². The van der Waals surface area contributed by atoms with Crippen molar-refractivity contribution in [1.29, 1.82) is 0 Å². The first-order chi connectivity index (χ1) is 14.5. The second kappa shape index (κ2) is 9.84. The van der Waals surface area contributed by atoms with E-state index in [1.54, 1.807) is 0 Å². The molecular formula is C20H20F3NO6S. The van der Waals surface area contributed by atoms with Gasteiger partial charge < -0.3 is 14.2 Å². The van der Waals surface area contributed by atoms with E-state index in [1.807, 2.05) is 0 Å². The first-order valence-electron chi connectivity index (χ1n) is 8.69. The van der Waals surface area contributed by atoms with Crippen LogP contribution >= 0.6 is 0 Å². The van der Waals surface area contributed by atoms with E-state index in [4.69, 9.17) is 9.47 Å². The molecule has 0 radical (unpaired) electrons. The maximum absolute atomic E-state index is 12.9. The molecule has 0 atom stereocenters. The largest absolute Gasteiger partial charge is 0.493 e. The van der Waals surface area contributed by atoms with Gasteiger partial charge in [0.15, 0.2) is 11.5 Å². The fourth-order valence-electron chi connectivity index (χ4n) is 2.55. The van der Waals surface area contributed by atoms with Crippen molar-refractivity contribution >= 4 is 22.1 Å². The Labute approximate surface area is 177 Å². The molecule has 0 spiro atoms. The number of hydrogen-bond donors (Lipinski definition) is 1. The highest BCUT2D eigenvalue weighted by molar-refractivity contribution is 7.89. The summed E-state index contributed by atoms with van der Waals surface area (Å²) in [5.41, 5.74) is -0.196. The van der Waals surface area contributed by atoms with Crippen LogP contribution in [0.5, 0.6) is 11.5 Å². The monoisotopic (exact) mass is 459 g/mol. The lowest BCUT2D eigenvalue weighted by Gasteiger charge is -2.15. The molecule has 168 valence electrons. The van der Waals surface area contributed by atoms with Gasteiger partial charge in [0.25, 0.3) is 0 Å². The second-order valence-electron chi connectivity index (χ2n) is 6.13. The van der Waals surface area contributed by atoms with Crippen molar-refractivity contribution in [3.05, 3.63) is 59.2 Å². The average molecular weight is 459 g/mol. The van der Waals surface area contributed by atoms with E-state index >= 15 is 0 Å². The zero-order valence-corrected chi connectivity index (χ0v) is 17.6. The molecule has 0 aliphatic heterocycles. The Morgan fingerprint density at radius 3 is 2.23 bits per heavy atom. The van der Waals surface area contributed by atoms with Crippen molar-refractivity contribution in [2.45, 2.75) is 17.6 Å². The zero-order valence-electron chi connectivity index (χ0n) is 16.8. The number of carbonyl (C=O) groups excluding carboxylic acids is 1. The number of esters is 1. The molecule has 0 unspecified atom stereocenters. The minimum atomic E-state index is -4.49. The van der Waals surface area contributed by atoms with Crippen LogP contribution < -0.4 is 14.2 Å². The van der Waals surface area contributed by atoms with Crippen LogP contribution in [-0.2, 0) is 32.3 Å². The van der Waals surface area contributed by atoms with E-state index in [2.05, 4.69) is 9.46 Å². The molecule has 31 heavy (non-hydrogen) atoms. The van der Waals surface area contributed by atoms with Crippen molar-refractivity contribution < 1.29 is 40.6 Å². The van der Waals surface area contributed by atoms with Crippen molar-refractivity contribution in [2.24, 2.45) is 0 Å². The molecule has 2 aromatic rings. The van der Waals surface area contributed by atoms with E-state index in [1.165, 1.54) is 51.7 Å². The van der Waals surface area contributed by atoms with Gasteiger partial charge in [0.05, 0.1) is 26.9 Å². The maximum Gasteiger partial charge on any atom is 0.416 e. The van der Waals surface area contributed by atoms with Gasteiger partial charge >= 0.3 is 12.1 Å². The Balaban J connectivity index is 2.35. The molecule has 0 saturated heterocycles. The lowest BCUT2D eigenvalue weighted by atomic mass is 10.1. The third-order valence-corrected chi connectivity index (χ3v) is 5.52. The molecule has 0 aliphatic carbocycles. The molecule has 0 aliphatic rings. The molecule has 0 heterocycles. The fraction of sp³-hybridized carbons (Fsp3) is 0.250. The zero-order chi connectivity index (χ0) is 23.2. The molecule has 1 N–H and O–H groups in total. The minimum Gasteiger partial charge on any atom is -0.493 e. The van der Waals surface area contributed by atoms with Crippen LogP contribution in [0.4, 0.5) is 13.2 Å². The van der Waals surface area contributed by atoms with Gasteiger partial charge in [0, 0.05) is 12.6 Å². The van der Waals surface area contributed by atoms with Crippen molar-refractivity contribution in [3.8, 4) is 11.5 Å². The number of benzene rings is 2. The highest BCUT2D eigenvalue weighted by Crippen LogP contribution is 2.36. The lowest BCUT2D eigenvalue weighted by Crippen LogP contribution is -2.24. The summed E-state index contributed by atoms with van der Waals surface area (Å²) in [6.45, 7) is -0.256. The average Bonchev–Trinajstić information content (AvgIpc) is 2.74. The molecule has 0 aromatic heterocycles. The Morgan fingerprint density at radius 1 is 1.06 bits per heavy atom. The third-order valence-electron chi connectivity index (χ3n) is 4.12. The third kappa shape index (κ3) is 6.22. The minimum absolute atomic E-state index is 0.0716. The summed E-state index contributed by atoms with van der Waals surface area (Å²) in [7, 11) is -0.392. The van der Waals surface area contributed by atoms with Crippen molar-refractivity contribution in [1.82, 2.24) is 4.72 Å². The summed E-state index contributed by atoms with van der Waals surface area (Å²) in [4.78, 5) is 11.1. The topological polar surface area (TPSA) is 90.9 Å². The fourth-order valence-corrected chi connectivity index (χ4v) is 3.78. The Morgan fingerprint density at radius 2 is 1.71 bits per heavy atom. The van der Waals surface area contributed by atoms with Crippen LogP contribution in [-0.4, -0.2) is 35.7 Å². The summed E-state index contributed by atoms with van der Waals surface area (Å²) >= 11 is 0. The number of halogens is 3. The molecule has 0 fully saturated rings. The standard InChI is InChI=1S/C20H20F3NO6S/c1-28-16-10-14(6-9-18(25)29-2)11-17(19(16)30-3)31(26,27)24-12-13-4-7-15(8-5-13)20(21,22)23/h4-11,24H,12H2,1-3H3/b9-6+. The van der Waals surface area contributed by atoms with Gasteiger partial charge in [-0.2, -0.15) is 13.2 Å². The lowest BCUT2D eigenvalue weighted by molar-refractivity contribution is -0.137. The molecule has 0 saturated carbocycles. The van der Waals surface area contributed by atoms with Crippen LogP contribution in [0.2, 0.25) is 0 Å². The smallest absolute Gasteiger partial charge is 0.416 e. The van der Waals surface area contributed by atoms with Crippen LogP contribution in [0.25, 0.3) is 6.08 Å². The predicted molar refractivity (Wildman–Crippen MR) is 106 cm³/mol. The number of rotatable bonds is 8. The van der Waals surface area contributed by atoms with Gasteiger partial charge in [0.2, 0.25) is 10.0 Å². The first-order valence-corrected chi connectivity index (χ1v) is 10.2. The van der Waals surface area contributed by atoms with E-state index in [9.17, 15) is 26.4 Å². The van der Waals surface area contributed by atoms with E-state index in [-0.39, 0.29) is 22.9 Å². The Bertz CT molecular complexity index is 1060. The van der Waals surface area contributed by atoms with Gasteiger partial charge in [-0.1, -0.05) is 12.1 Å². The number of sulfonamides is 1. The van der Waals surface area contributed by atoms with Gasteiger partial charge in [-0.3, -0.25) is 0 Å². The number of carbonyl (C=O) groups is 1. The number of ether oxygens (including phenoxy) is 3. The number of hydrogen-bond acceptors (Lipinski definition) is 6. The van der Waals surface area contributed by atoms with Gasteiger partial charge in [-0.05, 0) is 41.5 Å². The van der Waals surface area contributed by atoms with E-state index < -0.39 is 27.7 Å². The quantitative estimate of drug-likeness (QED) is 0.481. The number of methoxy groups -OCH3 is 3. The molecule has 0 bridgehead atoms. The molecule has 2 aromatic carbocycles. The molecule has 2 rings (SSSR count). The van der Waals surface area contributed by atoms with Gasteiger partial charge in [0.1, 0.15) is 4.90 Å². The molecule has 7 nitrogen and oxygen atoms in total. The second-order valence-corrected chi connectivity index (χ2v) is 7.87. The summed E-state index contributed by atoms with van der Waals surface area (Å²) in [5.74, 6) is -0.610. The van der Waals surface area contributed by atoms with Gasteiger partial charge in [-0.25, -0.2) is 17.9 Å². The Kier molecular flexibility index (Phi) is 7.69. The summed E-state index contributed by atoms with van der Waals surface area (Å²) in [6.07, 6.45) is -2.05. The number of nitrogens with one attached hydrogen (secondary N) is 1. The maximum atomic E-state index is 12.9. The molecular weight excluding hydrogens is 439 g/mol. The summed E-state index contributed by atoms with van der Waals surface area (Å²) < 4.78 is 81.0. The first kappa shape index (κ1) is 24.2. The van der Waals surface area contributed by atoms with Crippen molar-refractivity contribution in [2.75, 3.05) is 21.3 Å². The van der Waals surface area contributed by atoms with Crippen LogP contribution in [0.3, 0.4) is 0 Å². The molecule has 11 heteroatoms. The summed E-state index contributed by atoms with van der Waals surface area (Å²) in [5, 5.41) is 0. The number of alkyl halides is 3. The Hall–Kier alpha value is -3.05. The van der Waals surface area contributed by atoms with E-state index in [0.717, 1.165) is 18.2 Å². The normalized spacial score (nSPS) is 12.1. The van der Waals surface area contributed by atoms with Gasteiger partial charge in [-0.15, -0.1) is 0 Å². The van der Waals surface area contributed by atoms with Crippen LogP contribution in [0.1, 0.15) is 16.7 Å². The predicted octanol–water partition coefficient (Wildman–Crippen LogP) is 3.39.